The summed E-state index contributed by atoms with van der Waals surface area (Å²) in [4.78, 5) is 11.5. The maximum atomic E-state index is 11.5. The number of carbonyl (C=O) groups excluding carboxylic acids is 1. The molecule has 0 aromatic heterocycles. The standard InChI is InChI=1S/C14H21ClN2O4/c1-14(2,3)21-13(20)17-7-11(18)12(19)8-4-5-9(15)10(16)6-8/h4-6,11-12,18-19H,7,16H2,1-3H3,(H,17,20). The van der Waals surface area contributed by atoms with Crippen LogP contribution in [0.1, 0.15) is 32.4 Å². The van der Waals surface area contributed by atoms with E-state index in [9.17, 15) is 15.0 Å². The van der Waals surface area contributed by atoms with Crippen LogP contribution < -0.4 is 11.1 Å². The van der Waals surface area contributed by atoms with Gasteiger partial charge in [-0.1, -0.05) is 17.7 Å². The average molecular weight is 317 g/mol. The minimum atomic E-state index is -1.20. The largest absolute Gasteiger partial charge is 0.444 e. The molecule has 1 aromatic rings. The Morgan fingerprint density at radius 2 is 2.05 bits per heavy atom. The smallest absolute Gasteiger partial charge is 0.407 e. The van der Waals surface area contributed by atoms with Crippen molar-refractivity contribution in [2.24, 2.45) is 0 Å². The summed E-state index contributed by atoms with van der Waals surface area (Å²) in [5.41, 5.74) is 5.73. The monoisotopic (exact) mass is 316 g/mol. The number of halogens is 1. The fourth-order valence-corrected chi connectivity index (χ4v) is 1.70. The van der Waals surface area contributed by atoms with E-state index in [0.29, 0.717) is 16.3 Å². The number of amides is 1. The number of ether oxygens (including phenoxy) is 1. The Hall–Kier alpha value is -1.50. The van der Waals surface area contributed by atoms with Crippen LogP contribution in [0.2, 0.25) is 5.02 Å². The van der Waals surface area contributed by atoms with E-state index >= 15 is 0 Å². The first-order chi connectivity index (χ1) is 9.60. The van der Waals surface area contributed by atoms with Gasteiger partial charge in [0.15, 0.2) is 0 Å². The highest BCUT2D eigenvalue weighted by molar-refractivity contribution is 6.33. The number of nitrogen functional groups attached to an aromatic ring is 1. The molecule has 7 heteroatoms. The summed E-state index contributed by atoms with van der Waals surface area (Å²) < 4.78 is 5.03. The third-order valence-electron chi connectivity index (χ3n) is 2.58. The molecule has 2 unspecified atom stereocenters. The Morgan fingerprint density at radius 3 is 2.57 bits per heavy atom. The molecule has 1 amide bonds. The highest BCUT2D eigenvalue weighted by Gasteiger charge is 2.21. The Bertz CT molecular complexity index is 502. The fourth-order valence-electron chi connectivity index (χ4n) is 1.58. The molecule has 0 spiro atoms. The van der Waals surface area contributed by atoms with Gasteiger partial charge in [0.25, 0.3) is 0 Å². The van der Waals surface area contributed by atoms with Gasteiger partial charge < -0.3 is 26.0 Å². The van der Waals surface area contributed by atoms with E-state index in [-0.39, 0.29) is 6.54 Å². The third kappa shape index (κ3) is 5.79. The van der Waals surface area contributed by atoms with Crippen molar-refractivity contribution in [1.29, 1.82) is 0 Å². The first-order valence-electron chi connectivity index (χ1n) is 6.48. The molecule has 21 heavy (non-hydrogen) atoms. The lowest BCUT2D eigenvalue weighted by Crippen LogP contribution is -2.38. The first kappa shape index (κ1) is 17.6. The molecule has 5 N–H and O–H groups in total. The highest BCUT2D eigenvalue weighted by Crippen LogP contribution is 2.24. The second-order valence-electron chi connectivity index (χ2n) is 5.68. The lowest BCUT2D eigenvalue weighted by molar-refractivity contribution is 0.0129. The molecule has 6 nitrogen and oxygen atoms in total. The summed E-state index contributed by atoms with van der Waals surface area (Å²) in [6.45, 7) is 5.04. The molecule has 0 heterocycles. The molecule has 118 valence electrons. The topological polar surface area (TPSA) is 105 Å². The van der Waals surface area contributed by atoms with Crippen LogP contribution in [0, 0.1) is 0 Å². The van der Waals surface area contributed by atoms with Gasteiger partial charge in [0.2, 0.25) is 0 Å². The number of hydrogen-bond donors (Lipinski definition) is 4. The summed E-state index contributed by atoms with van der Waals surface area (Å²) in [6, 6.07) is 4.56. The number of hydrogen-bond acceptors (Lipinski definition) is 5. The van der Waals surface area contributed by atoms with Crippen molar-refractivity contribution < 1.29 is 19.7 Å². The lowest BCUT2D eigenvalue weighted by atomic mass is 10.0. The number of anilines is 1. The normalized spacial score (nSPS) is 14.4. The Kier molecular flexibility index (Phi) is 5.83. The minimum Gasteiger partial charge on any atom is -0.444 e. The van der Waals surface area contributed by atoms with Crippen molar-refractivity contribution in [3.8, 4) is 0 Å². The van der Waals surface area contributed by atoms with Gasteiger partial charge in [0.1, 0.15) is 17.8 Å². The predicted molar refractivity (Wildman–Crippen MR) is 81.1 cm³/mol. The second-order valence-corrected chi connectivity index (χ2v) is 6.08. The van der Waals surface area contributed by atoms with Crippen LogP contribution in [-0.2, 0) is 4.74 Å². The van der Waals surface area contributed by atoms with Crippen molar-refractivity contribution in [3.05, 3.63) is 28.8 Å². The van der Waals surface area contributed by atoms with Gasteiger partial charge in [0, 0.05) is 6.54 Å². The zero-order valence-corrected chi connectivity index (χ0v) is 13.0. The van der Waals surface area contributed by atoms with E-state index in [1.165, 1.54) is 12.1 Å². The van der Waals surface area contributed by atoms with Gasteiger partial charge in [-0.3, -0.25) is 0 Å². The molecular formula is C14H21ClN2O4. The van der Waals surface area contributed by atoms with E-state index < -0.39 is 23.9 Å². The van der Waals surface area contributed by atoms with Crippen LogP contribution in [0.4, 0.5) is 10.5 Å². The van der Waals surface area contributed by atoms with Crippen LogP contribution in [0.5, 0.6) is 0 Å². The van der Waals surface area contributed by atoms with E-state index in [1.807, 2.05) is 0 Å². The molecule has 1 aromatic carbocycles. The zero-order chi connectivity index (χ0) is 16.2. The molecule has 0 aliphatic rings. The minimum absolute atomic E-state index is 0.154. The number of carbonyl (C=O) groups is 1. The molecule has 0 aliphatic heterocycles. The first-order valence-corrected chi connectivity index (χ1v) is 6.86. The van der Waals surface area contributed by atoms with Crippen LogP contribution in [-0.4, -0.2) is 34.6 Å². The van der Waals surface area contributed by atoms with Crippen LogP contribution in [0.3, 0.4) is 0 Å². The molecule has 2 atom stereocenters. The van der Waals surface area contributed by atoms with Gasteiger partial charge in [-0.15, -0.1) is 0 Å². The number of benzene rings is 1. The molecule has 0 saturated carbocycles. The van der Waals surface area contributed by atoms with Gasteiger partial charge in [-0.25, -0.2) is 4.79 Å². The molecule has 0 radical (unpaired) electrons. The summed E-state index contributed by atoms with van der Waals surface area (Å²) in [7, 11) is 0. The number of aliphatic hydroxyl groups excluding tert-OH is 2. The average Bonchev–Trinajstić information content (AvgIpc) is 2.36. The Morgan fingerprint density at radius 1 is 1.43 bits per heavy atom. The second kappa shape index (κ2) is 6.98. The van der Waals surface area contributed by atoms with E-state index in [1.54, 1.807) is 26.8 Å². The van der Waals surface area contributed by atoms with Crippen LogP contribution in [0.25, 0.3) is 0 Å². The molecule has 1 rings (SSSR count). The number of alkyl carbamates (subject to hydrolysis) is 1. The van der Waals surface area contributed by atoms with Crippen molar-refractivity contribution in [3.63, 3.8) is 0 Å². The highest BCUT2D eigenvalue weighted by atomic mass is 35.5. The van der Waals surface area contributed by atoms with Crippen molar-refractivity contribution >= 4 is 23.4 Å². The van der Waals surface area contributed by atoms with E-state index in [2.05, 4.69) is 5.32 Å². The fraction of sp³-hybridized carbons (Fsp3) is 0.500. The van der Waals surface area contributed by atoms with Gasteiger partial charge in [-0.05, 0) is 38.5 Å². The summed E-state index contributed by atoms with van der Waals surface area (Å²) >= 11 is 5.79. The summed E-state index contributed by atoms with van der Waals surface area (Å²) in [5, 5.41) is 22.6. The maximum absolute atomic E-state index is 11.5. The summed E-state index contributed by atoms with van der Waals surface area (Å²) in [5.74, 6) is 0. The number of nitrogens with two attached hydrogens (primary N) is 1. The Balaban J connectivity index is 2.56. The molecule has 0 aliphatic carbocycles. The van der Waals surface area contributed by atoms with E-state index in [0.717, 1.165) is 0 Å². The van der Waals surface area contributed by atoms with Crippen molar-refractivity contribution in [2.75, 3.05) is 12.3 Å². The third-order valence-corrected chi connectivity index (χ3v) is 2.92. The molecule has 0 fully saturated rings. The van der Waals surface area contributed by atoms with Crippen molar-refractivity contribution in [1.82, 2.24) is 5.32 Å². The van der Waals surface area contributed by atoms with Gasteiger partial charge >= 0.3 is 6.09 Å². The molecule has 0 saturated heterocycles. The van der Waals surface area contributed by atoms with E-state index in [4.69, 9.17) is 22.1 Å². The zero-order valence-electron chi connectivity index (χ0n) is 12.3. The SMILES string of the molecule is CC(C)(C)OC(=O)NCC(O)C(O)c1ccc(Cl)c(N)c1. The van der Waals surface area contributed by atoms with Crippen molar-refractivity contribution in [2.45, 2.75) is 38.6 Å². The number of rotatable bonds is 4. The molecular weight excluding hydrogens is 296 g/mol. The van der Waals surface area contributed by atoms with Crippen LogP contribution in [0.15, 0.2) is 18.2 Å². The quantitative estimate of drug-likeness (QED) is 0.634. The van der Waals surface area contributed by atoms with Gasteiger partial charge in [-0.2, -0.15) is 0 Å². The maximum Gasteiger partial charge on any atom is 0.407 e. The summed E-state index contributed by atoms with van der Waals surface area (Å²) in [6.07, 6.45) is -3.05. The van der Waals surface area contributed by atoms with Crippen LogP contribution >= 0.6 is 11.6 Å². The Labute approximate surface area is 128 Å². The van der Waals surface area contributed by atoms with Gasteiger partial charge in [0.05, 0.1) is 10.7 Å². The molecule has 0 bridgehead atoms. The predicted octanol–water partition coefficient (Wildman–Crippen LogP) is 1.84. The number of nitrogens with one attached hydrogen (secondary N) is 1. The number of aliphatic hydroxyl groups is 2. The lowest BCUT2D eigenvalue weighted by Gasteiger charge is -2.22.